The topological polar surface area (TPSA) is 75.7 Å². The average Bonchev–Trinajstić information content (AvgIpc) is 2.66. The van der Waals surface area contributed by atoms with Gasteiger partial charge in [-0.15, -0.1) is 6.58 Å². The molecule has 140 valence electrons. The lowest BCUT2D eigenvalue weighted by Gasteiger charge is -2.31. The van der Waals surface area contributed by atoms with E-state index in [1.807, 2.05) is 0 Å². The summed E-state index contributed by atoms with van der Waals surface area (Å²) in [6, 6.07) is 6.73. The second kappa shape index (κ2) is 9.38. The fraction of sp³-hybridized carbons (Fsp3) is 0.421. The van der Waals surface area contributed by atoms with Gasteiger partial charge in [0.2, 0.25) is 0 Å². The number of carbonyl (C=O) groups is 3. The van der Waals surface area contributed by atoms with Crippen LogP contribution in [0.3, 0.4) is 0 Å². The molecule has 26 heavy (non-hydrogen) atoms. The second-order valence-electron chi connectivity index (χ2n) is 6.19. The molecule has 2 amide bonds. The molecule has 1 saturated heterocycles. The van der Waals surface area contributed by atoms with E-state index in [0.717, 1.165) is 0 Å². The van der Waals surface area contributed by atoms with E-state index >= 15 is 0 Å². The molecule has 0 unspecified atom stereocenters. The predicted octanol–water partition coefficient (Wildman–Crippen LogP) is 2.43. The molecule has 0 radical (unpaired) electrons. The largest absolute Gasteiger partial charge is 0.452 e. The number of nitrogens with zero attached hydrogens (tertiary/aromatic N) is 1. The molecule has 1 aliphatic heterocycles. The number of amides is 2. The first-order chi connectivity index (χ1) is 12.4. The molecule has 0 aromatic heterocycles. The van der Waals surface area contributed by atoms with Gasteiger partial charge in [-0.2, -0.15) is 0 Å². The number of ether oxygens (including phenoxy) is 1. The van der Waals surface area contributed by atoms with Crippen molar-refractivity contribution in [2.45, 2.75) is 25.9 Å². The van der Waals surface area contributed by atoms with E-state index in [4.69, 9.17) is 16.3 Å². The van der Waals surface area contributed by atoms with Crippen molar-refractivity contribution >= 4 is 29.4 Å². The summed E-state index contributed by atoms with van der Waals surface area (Å²) >= 11 is 5.84. The predicted molar refractivity (Wildman–Crippen MR) is 98.8 cm³/mol. The quantitative estimate of drug-likeness (QED) is 0.609. The number of likely N-dealkylation sites (tertiary alicyclic amines) is 1. The lowest BCUT2D eigenvalue weighted by molar-refractivity contribution is -0.159. The molecule has 1 aromatic rings. The summed E-state index contributed by atoms with van der Waals surface area (Å²) in [7, 11) is 0. The van der Waals surface area contributed by atoms with Crippen LogP contribution in [0.4, 0.5) is 0 Å². The zero-order chi connectivity index (χ0) is 19.1. The van der Waals surface area contributed by atoms with Crippen molar-refractivity contribution < 1.29 is 19.1 Å². The first-order valence-electron chi connectivity index (χ1n) is 8.56. The molecule has 0 spiro atoms. The van der Waals surface area contributed by atoms with Crippen molar-refractivity contribution in [1.82, 2.24) is 10.2 Å². The molecule has 2 rings (SSSR count). The number of benzene rings is 1. The first kappa shape index (κ1) is 20.0. The Labute approximate surface area is 158 Å². The van der Waals surface area contributed by atoms with Crippen LogP contribution in [-0.2, 0) is 14.3 Å². The van der Waals surface area contributed by atoms with Crippen LogP contribution in [0, 0.1) is 5.92 Å². The van der Waals surface area contributed by atoms with Crippen molar-refractivity contribution in [2.24, 2.45) is 5.92 Å². The van der Waals surface area contributed by atoms with E-state index in [2.05, 4.69) is 11.9 Å². The van der Waals surface area contributed by atoms with Crippen LogP contribution in [0.15, 0.2) is 36.9 Å². The third-order valence-corrected chi connectivity index (χ3v) is 4.54. The summed E-state index contributed by atoms with van der Waals surface area (Å²) in [4.78, 5) is 38.2. The van der Waals surface area contributed by atoms with Crippen LogP contribution in [-0.4, -0.2) is 48.4 Å². The number of hydrogen-bond donors (Lipinski definition) is 1. The van der Waals surface area contributed by atoms with E-state index in [0.29, 0.717) is 43.1 Å². The zero-order valence-electron chi connectivity index (χ0n) is 14.7. The van der Waals surface area contributed by atoms with Gasteiger partial charge in [0.25, 0.3) is 11.8 Å². The standard InChI is InChI=1S/C19H23ClN2O4/c1-3-10-21-17(23)13(2)26-19(25)15-8-11-22(12-9-15)18(24)14-4-6-16(20)7-5-14/h3-7,13,15H,1,8-12H2,2H3,(H,21,23)/t13-/m0/s1. The number of halogens is 1. The van der Waals surface area contributed by atoms with Gasteiger partial charge in [0.1, 0.15) is 0 Å². The Morgan fingerprint density at radius 2 is 1.92 bits per heavy atom. The van der Waals surface area contributed by atoms with Crippen LogP contribution in [0.1, 0.15) is 30.1 Å². The Bertz CT molecular complexity index is 667. The van der Waals surface area contributed by atoms with Gasteiger partial charge in [0, 0.05) is 30.2 Å². The van der Waals surface area contributed by atoms with Gasteiger partial charge in [-0.05, 0) is 44.0 Å². The van der Waals surface area contributed by atoms with E-state index in [1.54, 1.807) is 35.2 Å². The average molecular weight is 379 g/mol. The molecular weight excluding hydrogens is 356 g/mol. The highest BCUT2D eigenvalue weighted by atomic mass is 35.5. The molecule has 6 nitrogen and oxygen atoms in total. The maximum Gasteiger partial charge on any atom is 0.309 e. The van der Waals surface area contributed by atoms with Gasteiger partial charge in [0.05, 0.1) is 5.92 Å². The molecule has 0 saturated carbocycles. The van der Waals surface area contributed by atoms with E-state index in [9.17, 15) is 14.4 Å². The van der Waals surface area contributed by atoms with Crippen LogP contribution in [0.25, 0.3) is 0 Å². The minimum atomic E-state index is -0.851. The van der Waals surface area contributed by atoms with Crippen LogP contribution in [0.2, 0.25) is 5.02 Å². The highest BCUT2D eigenvalue weighted by Gasteiger charge is 2.30. The summed E-state index contributed by atoms with van der Waals surface area (Å²) in [5.74, 6) is -1.14. The number of rotatable bonds is 6. The normalized spacial score (nSPS) is 15.8. The van der Waals surface area contributed by atoms with E-state index < -0.39 is 12.1 Å². The van der Waals surface area contributed by atoms with E-state index in [1.165, 1.54) is 6.92 Å². The van der Waals surface area contributed by atoms with Gasteiger partial charge >= 0.3 is 5.97 Å². The maximum atomic E-state index is 12.5. The monoisotopic (exact) mass is 378 g/mol. The SMILES string of the molecule is C=CCNC(=O)[C@H](C)OC(=O)C1CCN(C(=O)c2ccc(Cl)cc2)CC1. The lowest BCUT2D eigenvalue weighted by atomic mass is 9.96. The summed E-state index contributed by atoms with van der Waals surface area (Å²) in [6.07, 6.45) is 1.73. The molecule has 7 heteroatoms. The molecule has 0 aliphatic carbocycles. The van der Waals surface area contributed by atoms with E-state index in [-0.39, 0.29) is 17.7 Å². The number of nitrogens with one attached hydrogen (secondary N) is 1. The number of esters is 1. The second-order valence-corrected chi connectivity index (χ2v) is 6.62. The molecule has 1 aromatic carbocycles. The van der Waals surface area contributed by atoms with Crippen molar-refractivity contribution in [3.05, 3.63) is 47.5 Å². The van der Waals surface area contributed by atoms with Crippen LogP contribution in [0.5, 0.6) is 0 Å². The number of carbonyl (C=O) groups excluding carboxylic acids is 3. The zero-order valence-corrected chi connectivity index (χ0v) is 15.5. The van der Waals surface area contributed by atoms with Gasteiger partial charge in [-0.1, -0.05) is 17.7 Å². The Balaban J connectivity index is 1.82. The molecule has 1 N–H and O–H groups in total. The van der Waals surface area contributed by atoms with Gasteiger partial charge in [0.15, 0.2) is 6.10 Å². The number of hydrogen-bond acceptors (Lipinski definition) is 4. The minimum absolute atomic E-state index is 0.0781. The minimum Gasteiger partial charge on any atom is -0.452 e. The molecule has 1 atom stereocenters. The smallest absolute Gasteiger partial charge is 0.309 e. The Kier molecular flexibility index (Phi) is 7.21. The van der Waals surface area contributed by atoms with Crippen LogP contribution >= 0.6 is 11.6 Å². The summed E-state index contributed by atoms with van der Waals surface area (Å²) in [5.41, 5.74) is 0.572. The Hall–Kier alpha value is -2.34. The van der Waals surface area contributed by atoms with Crippen molar-refractivity contribution in [3.8, 4) is 0 Å². The van der Waals surface area contributed by atoms with Crippen molar-refractivity contribution in [3.63, 3.8) is 0 Å². The molecule has 1 heterocycles. The summed E-state index contributed by atoms with van der Waals surface area (Å²) in [6.45, 7) is 6.32. The lowest BCUT2D eigenvalue weighted by Crippen LogP contribution is -2.42. The van der Waals surface area contributed by atoms with Gasteiger partial charge in [-0.3, -0.25) is 14.4 Å². The van der Waals surface area contributed by atoms with Crippen molar-refractivity contribution in [2.75, 3.05) is 19.6 Å². The van der Waals surface area contributed by atoms with Crippen molar-refractivity contribution in [1.29, 1.82) is 0 Å². The molecule has 1 aliphatic rings. The third kappa shape index (κ3) is 5.33. The first-order valence-corrected chi connectivity index (χ1v) is 8.94. The Morgan fingerprint density at radius 1 is 1.31 bits per heavy atom. The van der Waals surface area contributed by atoms with Gasteiger partial charge < -0.3 is 15.0 Å². The third-order valence-electron chi connectivity index (χ3n) is 4.29. The summed E-state index contributed by atoms with van der Waals surface area (Å²) < 4.78 is 5.24. The fourth-order valence-electron chi connectivity index (χ4n) is 2.73. The molecule has 1 fully saturated rings. The fourth-order valence-corrected chi connectivity index (χ4v) is 2.86. The number of piperidine rings is 1. The molecule has 0 bridgehead atoms. The highest BCUT2D eigenvalue weighted by molar-refractivity contribution is 6.30. The van der Waals surface area contributed by atoms with Crippen LogP contribution < -0.4 is 5.32 Å². The summed E-state index contributed by atoms with van der Waals surface area (Å²) in [5, 5.41) is 3.17. The maximum absolute atomic E-state index is 12.5. The Morgan fingerprint density at radius 3 is 2.50 bits per heavy atom. The highest BCUT2D eigenvalue weighted by Crippen LogP contribution is 2.21. The van der Waals surface area contributed by atoms with Gasteiger partial charge in [-0.25, -0.2) is 0 Å². The molecular formula is C19H23ClN2O4.